The van der Waals surface area contributed by atoms with Gasteiger partial charge in [0, 0.05) is 12.1 Å². The molecule has 0 heterocycles. The molecular formula is C10H22N2O3S. The lowest BCUT2D eigenvalue weighted by Gasteiger charge is -2.20. The van der Waals surface area contributed by atoms with Gasteiger partial charge in [-0.1, -0.05) is 12.2 Å². The maximum absolute atomic E-state index is 11.4. The van der Waals surface area contributed by atoms with E-state index in [1.165, 1.54) is 0 Å². The number of hydrogen-bond acceptors (Lipinski definition) is 3. The van der Waals surface area contributed by atoms with E-state index < -0.39 is 15.7 Å². The highest BCUT2D eigenvalue weighted by atomic mass is 32.2. The molecule has 0 bridgehead atoms. The van der Waals surface area contributed by atoms with Crippen LogP contribution in [0, 0.1) is 0 Å². The third kappa shape index (κ3) is 10.1. The molecule has 0 atom stereocenters. The van der Waals surface area contributed by atoms with Crippen molar-refractivity contribution in [2.45, 2.75) is 33.2 Å². The SMILES string of the molecule is C=C(C)COCCNS(=O)(=O)NC(C)(C)C. The van der Waals surface area contributed by atoms with Crippen LogP contribution in [0.2, 0.25) is 0 Å². The zero-order chi connectivity index (χ0) is 12.8. The van der Waals surface area contributed by atoms with E-state index in [9.17, 15) is 8.42 Å². The van der Waals surface area contributed by atoms with Gasteiger partial charge < -0.3 is 4.74 Å². The highest BCUT2D eigenvalue weighted by Crippen LogP contribution is 2.00. The van der Waals surface area contributed by atoms with Crippen LogP contribution in [0.4, 0.5) is 0 Å². The summed E-state index contributed by atoms with van der Waals surface area (Å²) in [6.45, 7) is 11.9. The molecule has 0 saturated heterocycles. The smallest absolute Gasteiger partial charge is 0.277 e. The molecule has 0 aromatic carbocycles. The van der Waals surface area contributed by atoms with Gasteiger partial charge >= 0.3 is 0 Å². The summed E-state index contributed by atoms with van der Waals surface area (Å²) in [6, 6.07) is 0. The summed E-state index contributed by atoms with van der Waals surface area (Å²) in [5.41, 5.74) is 0.431. The minimum atomic E-state index is -3.44. The van der Waals surface area contributed by atoms with Crippen LogP contribution < -0.4 is 9.44 Å². The molecule has 0 saturated carbocycles. The first-order chi connectivity index (χ1) is 7.12. The minimum absolute atomic E-state index is 0.249. The van der Waals surface area contributed by atoms with Gasteiger partial charge in [-0.3, -0.25) is 0 Å². The van der Waals surface area contributed by atoms with Gasteiger partial charge in [-0.2, -0.15) is 17.9 Å². The molecule has 6 heteroatoms. The fraction of sp³-hybridized carbons (Fsp3) is 0.800. The molecule has 0 unspecified atom stereocenters. The first kappa shape index (κ1) is 15.6. The Kier molecular flexibility index (Phi) is 6.17. The van der Waals surface area contributed by atoms with Crippen LogP contribution in [0.15, 0.2) is 12.2 Å². The van der Waals surface area contributed by atoms with E-state index in [1.807, 2.05) is 6.92 Å². The summed E-state index contributed by atoms with van der Waals surface area (Å²) in [5.74, 6) is 0. The Bertz CT molecular complexity index is 317. The second-order valence-electron chi connectivity index (χ2n) is 4.76. The van der Waals surface area contributed by atoms with Gasteiger partial charge in [0.1, 0.15) is 0 Å². The Morgan fingerprint density at radius 2 is 1.94 bits per heavy atom. The lowest BCUT2D eigenvalue weighted by atomic mass is 10.1. The van der Waals surface area contributed by atoms with Gasteiger partial charge in [0.2, 0.25) is 0 Å². The van der Waals surface area contributed by atoms with Crippen molar-refractivity contribution < 1.29 is 13.2 Å². The Morgan fingerprint density at radius 1 is 1.38 bits per heavy atom. The zero-order valence-electron chi connectivity index (χ0n) is 10.5. The molecule has 0 rings (SSSR count). The molecule has 0 amide bonds. The molecule has 0 aromatic heterocycles. The van der Waals surface area contributed by atoms with Crippen LogP contribution in [0.3, 0.4) is 0 Å². The summed E-state index contributed by atoms with van der Waals surface area (Å²) >= 11 is 0. The molecule has 0 fully saturated rings. The fourth-order valence-corrected chi connectivity index (χ4v) is 2.16. The molecule has 0 aliphatic carbocycles. The number of nitrogens with one attached hydrogen (secondary N) is 2. The summed E-state index contributed by atoms with van der Waals surface area (Å²) < 4.78 is 32.9. The average Bonchev–Trinajstić information content (AvgIpc) is 1.97. The maximum Gasteiger partial charge on any atom is 0.277 e. The summed E-state index contributed by atoms with van der Waals surface area (Å²) in [5, 5.41) is 0. The number of ether oxygens (including phenoxy) is 1. The number of hydrogen-bond donors (Lipinski definition) is 2. The molecule has 0 aliphatic heterocycles. The number of rotatable bonds is 7. The van der Waals surface area contributed by atoms with Crippen LogP contribution >= 0.6 is 0 Å². The maximum atomic E-state index is 11.4. The molecule has 0 radical (unpaired) electrons. The Hall–Kier alpha value is -0.430. The molecule has 0 aromatic rings. The van der Waals surface area contributed by atoms with Crippen LogP contribution in [0.5, 0.6) is 0 Å². The minimum Gasteiger partial charge on any atom is -0.376 e. The second-order valence-corrected chi connectivity index (χ2v) is 6.26. The standard InChI is InChI=1S/C10H22N2O3S/c1-9(2)8-15-7-6-11-16(13,14)12-10(3,4)5/h11-12H,1,6-8H2,2-5H3. The van der Waals surface area contributed by atoms with E-state index in [2.05, 4.69) is 16.0 Å². The van der Waals surface area contributed by atoms with E-state index >= 15 is 0 Å². The van der Waals surface area contributed by atoms with Gasteiger partial charge in [-0.15, -0.1) is 0 Å². The second kappa shape index (κ2) is 6.34. The van der Waals surface area contributed by atoms with Crippen molar-refractivity contribution >= 4 is 10.2 Å². The predicted molar refractivity (Wildman–Crippen MR) is 65.4 cm³/mol. The monoisotopic (exact) mass is 250 g/mol. The predicted octanol–water partition coefficient (Wildman–Crippen LogP) is 0.802. The van der Waals surface area contributed by atoms with Crippen molar-refractivity contribution in [3.63, 3.8) is 0 Å². The van der Waals surface area contributed by atoms with Crippen molar-refractivity contribution in [3.8, 4) is 0 Å². The highest BCUT2D eigenvalue weighted by molar-refractivity contribution is 7.87. The quantitative estimate of drug-likeness (QED) is 0.519. The highest BCUT2D eigenvalue weighted by Gasteiger charge is 2.18. The van der Waals surface area contributed by atoms with E-state index in [0.29, 0.717) is 13.2 Å². The van der Waals surface area contributed by atoms with E-state index in [1.54, 1.807) is 20.8 Å². The van der Waals surface area contributed by atoms with Crippen molar-refractivity contribution in [2.75, 3.05) is 19.8 Å². The van der Waals surface area contributed by atoms with Gasteiger partial charge in [0.25, 0.3) is 10.2 Å². The molecule has 2 N–H and O–H groups in total. The van der Waals surface area contributed by atoms with Crippen molar-refractivity contribution in [3.05, 3.63) is 12.2 Å². The summed E-state index contributed by atoms with van der Waals surface area (Å²) in [7, 11) is -3.44. The molecule has 96 valence electrons. The Balaban J connectivity index is 3.80. The van der Waals surface area contributed by atoms with Gasteiger partial charge in [-0.05, 0) is 27.7 Å². The average molecular weight is 250 g/mol. The van der Waals surface area contributed by atoms with Crippen LogP contribution in [-0.2, 0) is 14.9 Å². The van der Waals surface area contributed by atoms with Crippen LogP contribution in [0.25, 0.3) is 0 Å². The van der Waals surface area contributed by atoms with E-state index in [-0.39, 0.29) is 6.54 Å². The summed E-state index contributed by atoms with van der Waals surface area (Å²) in [6.07, 6.45) is 0. The molecular weight excluding hydrogens is 228 g/mol. The molecule has 0 spiro atoms. The van der Waals surface area contributed by atoms with Crippen molar-refractivity contribution in [1.82, 2.24) is 9.44 Å². The normalized spacial score (nSPS) is 12.8. The van der Waals surface area contributed by atoms with Crippen molar-refractivity contribution in [2.24, 2.45) is 0 Å². The molecule has 0 aliphatic rings. The third-order valence-corrected chi connectivity index (χ3v) is 2.79. The van der Waals surface area contributed by atoms with Gasteiger partial charge in [0.05, 0.1) is 13.2 Å². The fourth-order valence-electron chi connectivity index (χ4n) is 0.934. The van der Waals surface area contributed by atoms with Gasteiger partial charge in [-0.25, -0.2) is 0 Å². The lowest BCUT2D eigenvalue weighted by Crippen LogP contribution is -2.47. The van der Waals surface area contributed by atoms with E-state index in [4.69, 9.17) is 4.74 Å². The summed E-state index contributed by atoms with van der Waals surface area (Å²) in [4.78, 5) is 0. The Labute approximate surface area is 98.4 Å². The molecule has 5 nitrogen and oxygen atoms in total. The first-order valence-electron chi connectivity index (χ1n) is 5.13. The third-order valence-electron chi connectivity index (χ3n) is 1.33. The zero-order valence-corrected chi connectivity index (χ0v) is 11.3. The Morgan fingerprint density at radius 3 is 2.38 bits per heavy atom. The van der Waals surface area contributed by atoms with E-state index in [0.717, 1.165) is 5.57 Å². The topological polar surface area (TPSA) is 67.4 Å². The molecule has 16 heavy (non-hydrogen) atoms. The van der Waals surface area contributed by atoms with Crippen LogP contribution in [-0.4, -0.2) is 33.7 Å². The first-order valence-corrected chi connectivity index (χ1v) is 6.61. The lowest BCUT2D eigenvalue weighted by molar-refractivity contribution is 0.162. The largest absolute Gasteiger partial charge is 0.376 e. The van der Waals surface area contributed by atoms with Crippen LogP contribution in [0.1, 0.15) is 27.7 Å². The van der Waals surface area contributed by atoms with Crippen molar-refractivity contribution in [1.29, 1.82) is 0 Å². The van der Waals surface area contributed by atoms with Gasteiger partial charge in [0.15, 0.2) is 0 Å².